The first-order valence-corrected chi connectivity index (χ1v) is 6.47. The lowest BCUT2D eigenvalue weighted by atomic mass is 9.96. The number of carbonyl (C=O) groups excluding carboxylic acids is 1. The Morgan fingerprint density at radius 1 is 1.27 bits per heavy atom. The topological polar surface area (TPSA) is 64.6 Å². The molecule has 0 radical (unpaired) electrons. The minimum Gasteiger partial charge on any atom is -0.355 e. The van der Waals surface area contributed by atoms with Gasteiger partial charge in [0.15, 0.2) is 0 Å². The van der Waals surface area contributed by atoms with Crippen LogP contribution in [-0.4, -0.2) is 32.8 Å². The standard InChI is InChI=1S/C9H20NO4P/c1-9(2,3)8(11)10-6-7-15(12,13-4)14-5/h6-7H2,1-5H3,(H,10,11). The Labute approximate surface area is 91.1 Å². The molecule has 0 aromatic carbocycles. The van der Waals surface area contributed by atoms with Gasteiger partial charge in [0, 0.05) is 26.2 Å². The van der Waals surface area contributed by atoms with Gasteiger partial charge in [0.1, 0.15) is 0 Å². The van der Waals surface area contributed by atoms with Crippen molar-refractivity contribution in [2.75, 3.05) is 26.9 Å². The van der Waals surface area contributed by atoms with Crippen LogP contribution in [0.3, 0.4) is 0 Å². The van der Waals surface area contributed by atoms with Crippen LogP contribution in [0, 0.1) is 5.41 Å². The minimum atomic E-state index is -3.00. The van der Waals surface area contributed by atoms with Gasteiger partial charge in [0.2, 0.25) is 5.91 Å². The summed E-state index contributed by atoms with van der Waals surface area (Å²) in [6.45, 7) is 5.73. The Morgan fingerprint density at radius 3 is 2.07 bits per heavy atom. The Balaban J connectivity index is 4.00. The molecule has 90 valence electrons. The Morgan fingerprint density at radius 2 is 1.73 bits per heavy atom. The van der Waals surface area contributed by atoms with Crippen molar-refractivity contribution >= 4 is 13.5 Å². The molecular weight excluding hydrogens is 217 g/mol. The van der Waals surface area contributed by atoms with Crippen LogP contribution in [0.25, 0.3) is 0 Å². The van der Waals surface area contributed by atoms with Crippen LogP contribution in [0.15, 0.2) is 0 Å². The number of hydrogen-bond donors (Lipinski definition) is 1. The van der Waals surface area contributed by atoms with Crippen LogP contribution < -0.4 is 5.32 Å². The Bertz CT molecular complexity index is 251. The summed E-state index contributed by atoms with van der Waals surface area (Å²) in [6, 6.07) is 0. The van der Waals surface area contributed by atoms with Crippen molar-refractivity contribution in [3.63, 3.8) is 0 Å². The highest BCUT2D eigenvalue weighted by molar-refractivity contribution is 7.53. The zero-order valence-electron chi connectivity index (χ0n) is 9.99. The highest BCUT2D eigenvalue weighted by atomic mass is 31.2. The Hall–Kier alpha value is -0.380. The zero-order chi connectivity index (χ0) is 12.1. The van der Waals surface area contributed by atoms with E-state index in [0.29, 0.717) is 0 Å². The predicted molar refractivity (Wildman–Crippen MR) is 59.0 cm³/mol. The molecular formula is C9H20NO4P. The lowest BCUT2D eigenvalue weighted by Crippen LogP contribution is -2.36. The summed E-state index contributed by atoms with van der Waals surface area (Å²) < 4.78 is 21.1. The summed E-state index contributed by atoms with van der Waals surface area (Å²) in [5.41, 5.74) is -0.440. The van der Waals surface area contributed by atoms with Crippen LogP contribution in [0.2, 0.25) is 0 Å². The second kappa shape index (κ2) is 5.64. The van der Waals surface area contributed by atoms with E-state index in [1.807, 2.05) is 20.8 Å². The Kier molecular flexibility index (Phi) is 5.49. The summed E-state index contributed by atoms with van der Waals surface area (Å²) in [5, 5.41) is 2.68. The fourth-order valence-electron chi connectivity index (χ4n) is 0.829. The summed E-state index contributed by atoms with van der Waals surface area (Å²) >= 11 is 0. The molecule has 0 aromatic heterocycles. The maximum atomic E-state index is 11.6. The molecule has 0 aromatic rings. The monoisotopic (exact) mass is 237 g/mol. The van der Waals surface area contributed by atoms with E-state index < -0.39 is 13.0 Å². The molecule has 0 heterocycles. The molecule has 1 amide bonds. The molecule has 15 heavy (non-hydrogen) atoms. The number of rotatable bonds is 5. The quantitative estimate of drug-likeness (QED) is 0.738. The first-order chi connectivity index (χ1) is 6.75. The lowest BCUT2D eigenvalue weighted by molar-refractivity contribution is -0.128. The molecule has 0 unspecified atom stereocenters. The molecule has 0 bridgehead atoms. The highest BCUT2D eigenvalue weighted by Crippen LogP contribution is 2.45. The van der Waals surface area contributed by atoms with Gasteiger partial charge < -0.3 is 14.4 Å². The average molecular weight is 237 g/mol. The number of hydrogen-bond acceptors (Lipinski definition) is 4. The first kappa shape index (κ1) is 14.6. The maximum absolute atomic E-state index is 11.6. The van der Waals surface area contributed by atoms with Crippen molar-refractivity contribution in [3.8, 4) is 0 Å². The molecule has 0 saturated heterocycles. The number of amides is 1. The van der Waals surface area contributed by atoms with Crippen molar-refractivity contribution in [2.24, 2.45) is 5.41 Å². The molecule has 0 aliphatic heterocycles. The second-order valence-corrected chi connectivity index (χ2v) is 6.60. The fourth-order valence-corrected chi connectivity index (χ4v) is 1.73. The van der Waals surface area contributed by atoms with Gasteiger partial charge in [-0.3, -0.25) is 9.36 Å². The van der Waals surface area contributed by atoms with Crippen molar-refractivity contribution in [2.45, 2.75) is 20.8 Å². The van der Waals surface area contributed by atoms with E-state index in [2.05, 4.69) is 5.32 Å². The lowest BCUT2D eigenvalue weighted by Gasteiger charge is -2.19. The van der Waals surface area contributed by atoms with Crippen molar-refractivity contribution in [1.82, 2.24) is 5.32 Å². The third-order valence-electron chi connectivity index (χ3n) is 1.91. The summed E-state index contributed by atoms with van der Waals surface area (Å²) in [5.74, 6) is -0.0822. The molecule has 5 nitrogen and oxygen atoms in total. The number of carbonyl (C=O) groups is 1. The molecule has 0 saturated carbocycles. The van der Waals surface area contributed by atoms with E-state index in [9.17, 15) is 9.36 Å². The molecule has 6 heteroatoms. The average Bonchev–Trinajstić information content (AvgIpc) is 2.16. The normalized spacial score (nSPS) is 12.6. The van der Waals surface area contributed by atoms with E-state index >= 15 is 0 Å². The predicted octanol–water partition coefficient (Wildman–Crippen LogP) is 1.63. The van der Waals surface area contributed by atoms with Gasteiger partial charge in [-0.05, 0) is 0 Å². The fraction of sp³-hybridized carbons (Fsp3) is 0.889. The zero-order valence-corrected chi connectivity index (χ0v) is 10.9. The van der Waals surface area contributed by atoms with Crippen LogP contribution in [-0.2, 0) is 18.4 Å². The largest absolute Gasteiger partial charge is 0.355 e. The van der Waals surface area contributed by atoms with Crippen LogP contribution in [0.1, 0.15) is 20.8 Å². The number of nitrogens with one attached hydrogen (secondary N) is 1. The van der Waals surface area contributed by atoms with E-state index in [1.165, 1.54) is 14.2 Å². The minimum absolute atomic E-state index is 0.0822. The van der Waals surface area contributed by atoms with Gasteiger partial charge in [-0.2, -0.15) is 0 Å². The molecule has 0 fully saturated rings. The summed E-state index contributed by atoms with van der Waals surface area (Å²) in [6.07, 6.45) is 0.182. The SMILES string of the molecule is COP(=O)(CCNC(=O)C(C)(C)C)OC. The van der Waals surface area contributed by atoms with Crippen molar-refractivity contribution in [3.05, 3.63) is 0 Å². The van der Waals surface area contributed by atoms with E-state index in [4.69, 9.17) is 9.05 Å². The van der Waals surface area contributed by atoms with E-state index in [0.717, 1.165) is 0 Å². The molecule has 0 spiro atoms. The molecule has 0 aliphatic rings. The van der Waals surface area contributed by atoms with E-state index in [1.54, 1.807) is 0 Å². The molecule has 1 N–H and O–H groups in total. The van der Waals surface area contributed by atoms with Crippen LogP contribution in [0.5, 0.6) is 0 Å². The maximum Gasteiger partial charge on any atom is 0.331 e. The third-order valence-corrected chi connectivity index (χ3v) is 3.79. The molecule has 0 rings (SSSR count). The van der Waals surface area contributed by atoms with Crippen LogP contribution in [0.4, 0.5) is 0 Å². The third kappa shape index (κ3) is 5.30. The summed E-state index contributed by atoms with van der Waals surface area (Å²) in [7, 11) is -0.346. The van der Waals surface area contributed by atoms with Gasteiger partial charge in [-0.1, -0.05) is 20.8 Å². The van der Waals surface area contributed by atoms with Crippen LogP contribution >= 0.6 is 7.60 Å². The van der Waals surface area contributed by atoms with Gasteiger partial charge in [0.25, 0.3) is 0 Å². The second-order valence-electron chi connectivity index (χ2n) is 4.21. The van der Waals surface area contributed by atoms with Crippen molar-refractivity contribution < 1.29 is 18.4 Å². The van der Waals surface area contributed by atoms with Gasteiger partial charge in [-0.25, -0.2) is 0 Å². The molecule has 0 aliphatic carbocycles. The van der Waals surface area contributed by atoms with Gasteiger partial charge >= 0.3 is 7.60 Å². The van der Waals surface area contributed by atoms with E-state index in [-0.39, 0.29) is 18.6 Å². The summed E-state index contributed by atoms with van der Waals surface area (Å²) in [4.78, 5) is 11.4. The first-order valence-electron chi connectivity index (χ1n) is 4.74. The van der Waals surface area contributed by atoms with Gasteiger partial charge in [0.05, 0.1) is 6.16 Å². The van der Waals surface area contributed by atoms with Crippen molar-refractivity contribution in [1.29, 1.82) is 0 Å². The molecule has 0 atom stereocenters. The smallest absolute Gasteiger partial charge is 0.331 e. The highest BCUT2D eigenvalue weighted by Gasteiger charge is 2.24. The van der Waals surface area contributed by atoms with Gasteiger partial charge in [-0.15, -0.1) is 0 Å².